The molecular weight excluding hydrogens is 294 g/mol. The van der Waals surface area contributed by atoms with Gasteiger partial charge in [0, 0.05) is 19.6 Å². The summed E-state index contributed by atoms with van der Waals surface area (Å²) in [4.78, 5) is 2.43. The highest BCUT2D eigenvalue weighted by Gasteiger charge is 2.33. The van der Waals surface area contributed by atoms with E-state index in [4.69, 9.17) is 0 Å². The number of halogens is 1. The zero-order valence-electron chi connectivity index (χ0n) is 13.0. The van der Waals surface area contributed by atoms with Crippen molar-refractivity contribution in [3.8, 4) is 0 Å². The largest absolute Gasteiger partial charge is 0.385 e. The fourth-order valence-corrected chi connectivity index (χ4v) is 3.08. The van der Waals surface area contributed by atoms with Crippen molar-refractivity contribution in [2.75, 3.05) is 13.1 Å². The van der Waals surface area contributed by atoms with E-state index in [0.717, 1.165) is 38.0 Å². The first-order valence-electron chi connectivity index (χ1n) is 7.72. The molecule has 3 heteroatoms. The molecule has 22 heavy (non-hydrogen) atoms. The van der Waals surface area contributed by atoms with Crippen molar-refractivity contribution in [2.45, 2.75) is 31.9 Å². The number of benzene rings is 2. The average molecular weight is 318 g/mol. The first-order valence-corrected chi connectivity index (χ1v) is 7.72. The summed E-state index contributed by atoms with van der Waals surface area (Å²) in [5.41, 5.74) is 3.00. The van der Waals surface area contributed by atoms with Crippen LogP contribution in [-0.2, 0) is 12.1 Å². The summed E-state index contributed by atoms with van der Waals surface area (Å²) >= 11 is 0. The predicted octanol–water partition coefficient (Wildman–Crippen LogP) is 3.90. The Morgan fingerprint density at radius 2 is 1.55 bits per heavy atom. The minimum atomic E-state index is -0.652. The van der Waals surface area contributed by atoms with Crippen LogP contribution in [0.2, 0.25) is 0 Å². The molecular formula is C19H24ClNO. The minimum Gasteiger partial charge on any atom is -0.385 e. The molecule has 0 amide bonds. The third kappa shape index (κ3) is 3.89. The highest BCUT2D eigenvalue weighted by molar-refractivity contribution is 5.85. The highest BCUT2D eigenvalue weighted by Crippen LogP contribution is 2.33. The molecule has 0 unspecified atom stereocenters. The van der Waals surface area contributed by atoms with Crippen LogP contribution in [0, 0.1) is 6.92 Å². The molecule has 1 aliphatic rings. The predicted molar refractivity (Wildman–Crippen MR) is 93.3 cm³/mol. The van der Waals surface area contributed by atoms with Gasteiger partial charge in [-0.05, 0) is 30.9 Å². The normalized spacial score (nSPS) is 17.7. The summed E-state index contributed by atoms with van der Waals surface area (Å²) in [7, 11) is 0. The number of aliphatic hydroxyl groups is 1. The quantitative estimate of drug-likeness (QED) is 0.928. The molecule has 0 saturated carbocycles. The molecule has 1 heterocycles. The SMILES string of the molecule is Cc1ccc(C2(O)CCN(Cc3ccccc3)CC2)cc1.Cl. The average Bonchev–Trinajstić information content (AvgIpc) is 2.51. The smallest absolute Gasteiger partial charge is 0.0920 e. The fraction of sp³-hybridized carbons (Fsp3) is 0.368. The van der Waals surface area contributed by atoms with Crippen LogP contribution in [-0.4, -0.2) is 23.1 Å². The van der Waals surface area contributed by atoms with Crippen LogP contribution >= 0.6 is 12.4 Å². The Hall–Kier alpha value is -1.35. The van der Waals surface area contributed by atoms with Crippen molar-refractivity contribution >= 4 is 12.4 Å². The van der Waals surface area contributed by atoms with E-state index in [1.54, 1.807) is 0 Å². The third-order valence-electron chi connectivity index (χ3n) is 4.52. The van der Waals surface area contributed by atoms with E-state index >= 15 is 0 Å². The summed E-state index contributed by atoms with van der Waals surface area (Å²) in [6.45, 7) is 4.94. The van der Waals surface area contributed by atoms with E-state index in [1.807, 2.05) is 0 Å². The van der Waals surface area contributed by atoms with Gasteiger partial charge in [0.05, 0.1) is 5.60 Å². The first-order chi connectivity index (χ1) is 10.2. The molecule has 1 fully saturated rings. The number of hydrogen-bond acceptors (Lipinski definition) is 2. The zero-order chi connectivity index (χ0) is 14.7. The summed E-state index contributed by atoms with van der Waals surface area (Å²) in [6, 6.07) is 18.9. The van der Waals surface area contributed by atoms with E-state index < -0.39 is 5.60 Å². The van der Waals surface area contributed by atoms with E-state index in [9.17, 15) is 5.11 Å². The number of piperidine rings is 1. The second-order valence-corrected chi connectivity index (χ2v) is 6.16. The lowest BCUT2D eigenvalue weighted by Crippen LogP contribution is -2.42. The van der Waals surface area contributed by atoms with Crippen LogP contribution in [0.3, 0.4) is 0 Å². The lowest BCUT2D eigenvalue weighted by Gasteiger charge is -2.38. The fourth-order valence-electron chi connectivity index (χ4n) is 3.08. The Morgan fingerprint density at radius 1 is 0.955 bits per heavy atom. The zero-order valence-corrected chi connectivity index (χ0v) is 13.9. The van der Waals surface area contributed by atoms with Crippen molar-refractivity contribution in [1.29, 1.82) is 0 Å². The Balaban J connectivity index is 0.00000176. The van der Waals surface area contributed by atoms with Gasteiger partial charge in [0.25, 0.3) is 0 Å². The molecule has 0 aliphatic carbocycles. The van der Waals surface area contributed by atoms with Gasteiger partial charge in [-0.3, -0.25) is 4.90 Å². The number of rotatable bonds is 3. The van der Waals surface area contributed by atoms with Gasteiger partial charge in [-0.1, -0.05) is 60.2 Å². The molecule has 3 rings (SSSR count). The van der Waals surface area contributed by atoms with Gasteiger partial charge in [-0.2, -0.15) is 0 Å². The summed E-state index contributed by atoms with van der Waals surface area (Å²) in [6.07, 6.45) is 1.62. The molecule has 2 aromatic carbocycles. The number of aryl methyl sites for hydroxylation is 1. The Labute approximate surface area is 139 Å². The van der Waals surface area contributed by atoms with Crippen LogP contribution < -0.4 is 0 Å². The maximum Gasteiger partial charge on any atom is 0.0920 e. The van der Waals surface area contributed by atoms with Gasteiger partial charge in [0.2, 0.25) is 0 Å². The molecule has 0 atom stereocenters. The standard InChI is InChI=1S/C19H23NO.ClH/c1-16-7-9-18(10-8-16)19(21)11-13-20(14-12-19)15-17-5-3-2-4-6-17;/h2-10,21H,11-15H2,1H3;1H. The molecule has 1 aliphatic heterocycles. The summed E-state index contributed by atoms with van der Waals surface area (Å²) in [5.74, 6) is 0. The molecule has 0 bridgehead atoms. The lowest BCUT2D eigenvalue weighted by atomic mass is 9.84. The second-order valence-electron chi connectivity index (χ2n) is 6.16. The van der Waals surface area contributed by atoms with Crippen LogP contribution in [0.15, 0.2) is 54.6 Å². The van der Waals surface area contributed by atoms with Crippen molar-refractivity contribution < 1.29 is 5.11 Å². The number of hydrogen-bond donors (Lipinski definition) is 1. The molecule has 2 aromatic rings. The van der Waals surface area contributed by atoms with Gasteiger partial charge in [-0.25, -0.2) is 0 Å². The molecule has 2 nitrogen and oxygen atoms in total. The Kier molecular flexibility index (Phi) is 5.63. The Bertz CT molecular complexity index is 574. The molecule has 0 radical (unpaired) electrons. The summed E-state index contributed by atoms with van der Waals surface area (Å²) in [5, 5.41) is 10.9. The Morgan fingerprint density at radius 3 is 2.14 bits per heavy atom. The van der Waals surface area contributed by atoms with Crippen LogP contribution in [0.1, 0.15) is 29.5 Å². The van der Waals surface area contributed by atoms with Gasteiger partial charge in [0.15, 0.2) is 0 Å². The lowest BCUT2D eigenvalue weighted by molar-refractivity contribution is -0.0277. The molecule has 0 spiro atoms. The molecule has 0 aromatic heterocycles. The molecule has 1 saturated heterocycles. The van der Waals surface area contributed by atoms with Gasteiger partial charge < -0.3 is 5.11 Å². The van der Waals surface area contributed by atoms with Crippen LogP contribution in [0.4, 0.5) is 0 Å². The van der Waals surface area contributed by atoms with Crippen molar-refractivity contribution in [3.05, 3.63) is 71.3 Å². The number of nitrogens with zero attached hydrogens (tertiary/aromatic N) is 1. The minimum absolute atomic E-state index is 0. The van der Waals surface area contributed by atoms with Gasteiger partial charge in [0.1, 0.15) is 0 Å². The van der Waals surface area contributed by atoms with E-state index in [2.05, 4.69) is 66.4 Å². The highest BCUT2D eigenvalue weighted by atomic mass is 35.5. The van der Waals surface area contributed by atoms with E-state index in [1.165, 1.54) is 11.1 Å². The van der Waals surface area contributed by atoms with Gasteiger partial charge >= 0.3 is 0 Å². The molecule has 118 valence electrons. The topological polar surface area (TPSA) is 23.5 Å². The first kappa shape index (κ1) is 17.0. The maximum atomic E-state index is 10.9. The van der Waals surface area contributed by atoms with E-state index in [0.29, 0.717) is 0 Å². The second kappa shape index (κ2) is 7.28. The van der Waals surface area contributed by atoms with Crippen molar-refractivity contribution in [3.63, 3.8) is 0 Å². The summed E-state index contributed by atoms with van der Waals surface area (Å²) < 4.78 is 0. The van der Waals surface area contributed by atoms with Crippen molar-refractivity contribution in [2.24, 2.45) is 0 Å². The van der Waals surface area contributed by atoms with E-state index in [-0.39, 0.29) is 12.4 Å². The van der Waals surface area contributed by atoms with Crippen LogP contribution in [0.25, 0.3) is 0 Å². The third-order valence-corrected chi connectivity index (χ3v) is 4.52. The monoisotopic (exact) mass is 317 g/mol. The van der Waals surface area contributed by atoms with Crippen LogP contribution in [0.5, 0.6) is 0 Å². The maximum absolute atomic E-state index is 10.9. The number of likely N-dealkylation sites (tertiary alicyclic amines) is 1. The van der Waals surface area contributed by atoms with Crippen molar-refractivity contribution in [1.82, 2.24) is 4.90 Å². The molecule has 1 N–H and O–H groups in total. The van der Waals surface area contributed by atoms with Gasteiger partial charge in [-0.15, -0.1) is 12.4 Å².